The Morgan fingerprint density at radius 2 is 1.36 bits per heavy atom. The molecule has 0 heterocycles. The van der Waals surface area contributed by atoms with Gasteiger partial charge in [0, 0.05) is 11.7 Å². The predicted octanol–water partition coefficient (Wildman–Crippen LogP) is 3.66. The fourth-order valence-corrected chi connectivity index (χ4v) is 2.53. The third-order valence-corrected chi connectivity index (χ3v) is 3.94. The maximum absolute atomic E-state index is 11.9. The summed E-state index contributed by atoms with van der Waals surface area (Å²) < 4.78 is 5.83. The van der Waals surface area contributed by atoms with Gasteiger partial charge < -0.3 is 15.4 Å². The van der Waals surface area contributed by atoms with Crippen molar-refractivity contribution in [3.8, 4) is 11.5 Å². The van der Waals surface area contributed by atoms with Crippen LogP contribution in [0.4, 0.5) is 5.69 Å². The molecule has 0 radical (unpaired) electrons. The second-order valence-electron chi connectivity index (χ2n) is 7.22. The quantitative estimate of drug-likeness (QED) is 0.617. The Morgan fingerprint density at radius 1 is 0.821 bits per heavy atom. The second-order valence-corrected chi connectivity index (χ2v) is 7.22. The molecule has 0 aliphatic heterocycles. The molecule has 6 heteroatoms. The lowest BCUT2D eigenvalue weighted by Crippen LogP contribution is -2.40. The van der Waals surface area contributed by atoms with Crippen molar-refractivity contribution in [1.29, 1.82) is 0 Å². The first-order valence-corrected chi connectivity index (χ1v) is 9.51. The van der Waals surface area contributed by atoms with Crippen molar-refractivity contribution in [3.05, 3.63) is 54.1 Å². The molecule has 0 bridgehead atoms. The van der Waals surface area contributed by atoms with Crippen LogP contribution in [0.2, 0.25) is 0 Å². The van der Waals surface area contributed by atoms with Crippen molar-refractivity contribution in [2.75, 3.05) is 18.4 Å². The van der Waals surface area contributed by atoms with Crippen LogP contribution < -0.4 is 20.7 Å². The smallest absolute Gasteiger partial charge is 0.238 e. The van der Waals surface area contributed by atoms with E-state index in [0.717, 1.165) is 5.75 Å². The first kappa shape index (κ1) is 21.4. The largest absolute Gasteiger partial charge is 0.457 e. The number of hydrogen-bond acceptors (Lipinski definition) is 4. The van der Waals surface area contributed by atoms with Crippen molar-refractivity contribution in [1.82, 2.24) is 10.6 Å². The van der Waals surface area contributed by atoms with Gasteiger partial charge in [-0.25, -0.2) is 0 Å². The molecular weight excluding hydrogens is 354 g/mol. The first-order valence-electron chi connectivity index (χ1n) is 9.51. The molecule has 28 heavy (non-hydrogen) atoms. The molecule has 0 saturated heterocycles. The molecule has 0 aromatic heterocycles. The second kappa shape index (κ2) is 10.5. The van der Waals surface area contributed by atoms with Gasteiger partial charge in [0.05, 0.1) is 13.1 Å². The Morgan fingerprint density at radius 3 is 1.89 bits per heavy atom. The highest BCUT2D eigenvalue weighted by atomic mass is 16.5. The topological polar surface area (TPSA) is 79.5 Å². The number of ether oxygens (including phenoxy) is 1. The van der Waals surface area contributed by atoms with Crippen molar-refractivity contribution in [2.45, 2.75) is 39.7 Å². The van der Waals surface area contributed by atoms with Crippen LogP contribution in [0.5, 0.6) is 11.5 Å². The molecule has 0 spiro atoms. The number of carbonyl (C=O) groups is 2. The number of benzene rings is 2. The van der Waals surface area contributed by atoms with Gasteiger partial charge in [0.25, 0.3) is 0 Å². The minimum Gasteiger partial charge on any atom is -0.457 e. The van der Waals surface area contributed by atoms with E-state index in [2.05, 4.69) is 41.9 Å². The molecule has 0 aliphatic rings. The molecule has 2 rings (SSSR count). The number of hydrogen-bond donors (Lipinski definition) is 3. The van der Waals surface area contributed by atoms with Crippen LogP contribution in [0.15, 0.2) is 48.5 Å². The molecule has 0 fully saturated rings. The van der Waals surface area contributed by atoms with E-state index in [9.17, 15) is 9.59 Å². The maximum Gasteiger partial charge on any atom is 0.238 e. The van der Waals surface area contributed by atoms with Crippen molar-refractivity contribution in [2.24, 2.45) is 0 Å². The highest BCUT2D eigenvalue weighted by Gasteiger charge is 2.06. The van der Waals surface area contributed by atoms with Crippen LogP contribution in [0.25, 0.3) is 0 Å². The van der Waals surface area contributed by atoms with Gasteiger partial charge in [0.1, 0.15) is 11.5 Å². The van der Waals surface area contributed by atoms with Gasteiger partial charge in [-0.2, -0.15) is 0 Å². The number of carbonyl (C=O) groups excluding carboxylic acids is 2. The van der Waals surface area contributed by atoms with E-state index in [1.54, 1.807) is 24.3 Å². The highest BCUT2D eigenvalue weighted by Crippen LogP contribution is 2.25. The van der Waals surface area contributed by atoms with Crippen LogP contribution in [0.1, 0.15) is 39.2 Å². The van der Waals surface area contributed by atoms with Crippen LogP contribution in [0, 0.1) is 0 Å². The molecule has 2 aromatic carbocycles. The van der Waals surface area contributed by atoms with Crippen LogP contribution in [0.3, 0.4) is 0 Å². The summed E-state index contributed by atoms with van der Waals surface area (Å²) >= 11 is 0. The molecule has 0 aliphatic carbocycles. The predicted molar refractivity (Wildman–Crippen MR) is 112 cm³/mol. The fraction of sp³-hybridized carbons (Fsp3) is 0.364. The first-order chi connectivity index (χ1) is 13.3. The average molecular weight is 383 g/mol. The van der Waals surface area contributed by atoms with Gasteiger partial charge >= 0.3 is 0 Å². The van der Waals surface area contributed by atoms with E-state index in [-0.39, 0.29) is 30.9 Å². The molecule has 2 amide bonds. The molecule has 0 atom stereocenters. The van der Waals surface area contributed by atoms with E-state index in [4.69, 9.17) is 4.74 Å². The molecule has 3 N–H and O–H groups in total. The van der Waals surface area contributed by atoms with E-state index >= 15 is 0 Å². The van der Waals surface area contributed by atoms with Crippen molar-refractivity contribution < 1.29 is 14.3 Å². The minimum atomic E-state index is -0.213. The van der Waals surface area contributed by atoms with Crippen LogP contribution >= 0.6 is 0 Å². The zero-order valence-electron chi connectivity index (χ0n) is 16.9. The lowest BCUT2D eigenvalue weighted by atomic mass is 10.0. The third kappa shape index (κ3) is 7.40. The Bertz CT molecular complexity index is 769. The van der Waals surface area contributed by atoms with E-state index < -0.39 is 0 Å². The standard InChI is InChI=1S/C22H29N3O3/c1-15(2)17-5-9-19(10-6-17)28-20-11-7-18(8-12-20)25-22(27)14-23-13-21(26)24-16(3)4/h5-12,15-16,23H,13-14H2,1-4H3,(H,24,26)(H,25,27). The van der Waals surface area contributed by atoms with E-state index in [1.165, 1.54) is 5.56 Å². The average Bonchev–Trinajstić information content (AvgIpc) is 2.63. The zero-order valence-corrected chi connectivity index (χ0v) is 16.9. The normalized spacial score (nSPS) is 10.8. The summed E-state index contributed by atoms with van der Waals surface area (Å²) in [5, 5.41) is 8.35. The van der Waals surface area contributed by atoms with E-state index in [0.29, 0.717) is 17.4 Å². The summed E-state index contributed by atoms with van der Waals surface area (Å²) in [5.74, 6) is 1.60. The Hall–Kier alpha value is -2.86. The van der Waals surface area contributed by atoms with Gasteiger partial charge in [-0.15, -0.1) is 0 Å². The third-order valence-electron chi connectivity index (χ3n) is 3.94. The van der Waals surface area contributed by atoms with Gasteiger partial charge in [-0.3, -0.25) is 14.9 Å². The Balaban J connectivity index is 1.78. The van der Waals surface area contributed by atoms with Crippen molar-refractivity contribution >= 4 is 17.5 Å². The lowest BCUT2D eigenvalue weighted by molar-refractivity contribution is -0.120. The fourth-order valence-electron chi connectivity index (χ4n) is 2.53. The Labute approximate surface area is 166 Å². The minimum absolute atomic E-state index is 0.0615. The molecule has 6 nitrogen and oxygen atoms in total. The summed E-state index contributed by atoms with van der Waals surface area (Å²) in [6.07, 6.45) is 0. The van der Waals surface area contributed by atoms with Crippen molar-refractivity contribution in [3.63, 3.8) is 0 Å². The van der Waals surface area contributed by atoms with Gasteiger partial charge in [-0.1, -0.05) is 26.0 Å². The zero-order chi connectivity index (χ0) is 20.5. The number of amides is 2. The summed E-state index contributed by atoms with van der Waals surface area (Å²) in [5.41, 5.74) is 1.93. The molecule has 150 valence electrons. The highest BCUT2D eigenvalue weighted by molar-refractivity contribution is 5.92. The number of anilines is 1. The molecule has 0 saturated carbocycles. The van der Waals surface area contributed by atoms with Gasteiger partial charge in [-0.05, 0) is 61.7 Å². The molecule has 0 unspecified atom stereocenters. The number of nitrogens with one attached hydrogen (secondary N) is 3. The molecular formula is C22H29N3O3. The summed E-state index contributed by atoms with van der Waals surface area (Å²) in [6, 6.07) is 15.3. The maximum atomic E-state index is 11.9. The van der Waals surface area contributed by atoms with Crippen LogP contribution in [-0.4, -0.2) is 30.9 Å². The van der Waals surface area contributed by atoms with E-state index in [1.807, 2.05) is 26.0 Å². The number of rotatable bonds is 9. The lowest BCUT2D eigenvalue weighted by Gasteiger charge is -2.11. The van der Waals surface area contributed by atoms with Gasteiger partial charge in [0.15, 0.2) is 0 Å². The summed E-state index contributed by atoms with van der Waals surface area (Å²) in [6.45, 7) is 8.24. The van der Waals surface area contributed by atoms with Gasteiger partial charge in [0.2, 0.25) is 11.8 Å². The molecule has 2 aromatic rings. The summed E-state index contributed by atoms with van der Waals surface area (Å²) in [7, 11) is 0. The monoisotopic (exact) mass is 383 g/mol. The summed E-state index contributed by atoms with van der Waals surface area (Å²) in [4.78, 5) is 23.5. The van der Waals surface area contributed by atoms with Crippen LogP contribution in [-0.2, 0) is 9.59 Å². The SMILES string of the molecule is CC(C)NC(=O)CNCC(=O)Nc1ccc(Oc2ccc(C(C)C)cc2)cc1. The Kier molecular flexibility index (Phi) is 8.02.